The summed E-state index contributed by atoms with van der Waals surface area (Å²) < 4.78 is 12.9. The Morgan fingerprint density at radius 1 is 1.38 bits per heavy atom. The number of amides is 1. The van der Waals surface area contributed by atoms with E-state index in [9.17, 15) is 4.79 Å². The number of rotatable bonds is 5. The van der Waals surface area contributed by atoms with Crippen molar-refractivity contribution in [1.29, 1.82) is 0 Å². The molecule has 1 aliphatic rings. The molecule has 24 heavy (non-hydrogen) atoms. The van der Waals surface area contributed by atoms with E-state index in [-0.39, 0.29) is 5.91 Å². The number of aryl methyl sites for hydroxylation is 1. The minimum atomic E-state index is 0.158. The van der Waals surface area contributed by atoms with Crippen molar-refractivity contribution < 1.29 is 14.3 Å². The summed E-state index contributed by atoms with van der Waals surface area (Å²) in [6.07, 6.45) is 3.46. The minimum absolute atomic E-state index is 0.158. The van der Waals surface area contributed by atoms with Crippen LogP contribution >= 0.6 is 0 Å². The quantitative estimate of drug-likeness (QED) is 0.844. The minimum Gasteiger partial charge on any atom is -0.384 e. The molecule has 1 amide bonds. The second-order valence-corrected chi connectivity index (χ2v) is 6.55. The Morgan fingerprint density at radius 2 is 2.25 bits per heavy atom. The number of benzene rings is 1. The van der Waals surface area contributed by atoms with Crippen LogP contribution in [0.15, 0.2) is 30.5 Å². The molecule has 0 bridgehead atoms. The second kappa shape index (κ2) is 7.81. The fraction of sp³-hybridized carbons (Fsp3) is 0.526. The van der Waals surface area contributed by atoms with E-state index >= 15 is 0 Å². The summed E-state index contributed by atoms with van der Waals surface area (Å²) in [4.78, 5) is 14.2. The Balaban J connectivity index is 1.66. The number of carbonyl (C=O) groups excluding carboxylic acids is 1. The number of aromatic nitrogens is 1. The Kier molecular flexibility index (Phi) is 5.53. The third-order valence-electron chi connectivity index (χ3n) is 4.68. The summed E-state index contributed by atoms with van der Waals surface area (Å²) in [5.41, 5.74) is 2.54. The molecule has 2 aromatic rings. The number of methoxy groups -OCH3 is 1. The van der Waals surface area contributed by atoms with Gasteiger partial charge in [-0.2, -0.15) is 0 Å². The van der Waals surface area contributed by atoms with Crippen molar-refractivity contribution in [2.75, 3.05) is 40.0 Å². The predicted octanol–water partition coefficient (Wildman–Crippen LogP) is 2.23. The fourth-order valence-corrected chi connectivity index (χ4v) is 3.37. The number of nitrogens with zero attached hydrogens (tertiary/aromatic N) is 2. The van der Waals surface area contributed by atoms with E-state index in [0.717, 1.165) is 13.0 Å². The third-order valence-corrected chi connectivity index (χ3v) is 4.68. The molecule has 0 radical (unpaired) electrons. The van der Waals surface area contributed by atoms with Gasteiger partial charge in [0.05, 0.1) is 26.2 Å². The largest absolute Gasteiger partial charge is 0.384 e. The zero-order valence-corrected chi connectivity index (χ0v) is 14.5. The molecule has 0 spiro atoms. The summed E-state index contributed by atoms with van der Waals surface area (Å²) in [6, 6.07) is 8.74. The van der Waals surface area contributed by atoms with Gasteiger partial charge in [-0.1, -0.05) is 6.07 Å². The molecule has 1 atom stereocenters. The number of fused-ring (bicyclic) bond motifs is 1. The lowest BCUT2D eigenvalue weighted by atomic mass is 9.98. The highest BCUT2D eigenvalue weighted by molar-refractivity contribution is 5.80. The van der Waals surface area contributed by atoms with E-state index in [1.54, 1.807) is 7.11 Å². The Hall–Kier alpha value is -1.85. The van der Waals surface area contributed by atoms with Crippen LogP contribution in [0.3, 0.4) is 0 Å². The molecule has 3 rings (SSSR count). The molecule has 5 nitrogen and oxygen atoms in total. The first-order valence-electron chi connectivity index (χ1n) is 8.56. The van der Waals surface area contributed by atoms with Gasteiger partial charge in [0.2, 0.25) is 5.91 Å². The highest BCUT2D eigenvalue weighted by Crippen LogP contribution is 2.20. The topological polar surface area (TPSA) is 43.7 Å². The summed E-state index contributed by atoms with van der Waals surface area (Å²) >= 11 is 0. The normalized spacial score (nSPS) is 18.8. The molecule has 0 saturated carbocycles. The van der Waals surface area contributed by atoms with Crippen LogP contribution < -0.4 is 0 Å². The van der Waals surface area contributed by atoms with Gasteiger partial charge in [0.25, 0.3) is 0 Å². The molecule has 130 valence electrons. The number of hydrogen-bond donors (Lipinski definition) is 0. The molecule has 2 heterocycles. The van der Waals surface area contributed by atoms with Gasteiger partial charge < -0.3 is 18.9 Å². The van der Waals surface area contributed by atoms with Crippen LogP contribution in [0.5, 0.6) is 0 Å². The van der Waals surface area contributed by atoms with Crippen molar-refractivity contribution in [2.45, 2.75) is 12.8 Å². The zero-order chi connectivity index (χ0) is 16.9. The first-order valence-corrected chi connectivity index (χ1v) is 8.56. The summed E-state index contributed by atoms with van der Waals surface area (Å²) in [5, 5.41) is 1.26. The fourth-order valence-electron chi connectivity index (χ4n) is 3.37. The van der Waals surface area contributed by atoms with Crippen LogP contribution in [-0.2, 0) is 27.7 Å². The number of carbonyl (C=O) groups is 1. The summed E-state index contributed by atoms with van der Waals surface area (Å²) in [6.45, 7) is 3.24. The Labute approximate surface area is 143 Å². The molecule has 1 aliphatic heterocycles. The predicted molar refractivity (Wildman–Crippen MR) is 94.0 cm³/mol. The van der Waals surface area contributed by atoms with Gasteiger partial charge in [-0.25, -0.2) is 0 Å². The van der Waals surface area contributed by atoms with Crippen LogP contribution in [0.25, 0.3) is 10.9 Å². The molecule has 5 heteroatoms. The molecule has 1 aromatic carbocycles. The molecule has 0 unspecified atom stereocenters. The summed E-state index contributed by atoms with van der Waals surface area (Å²) in [7, 11) is 3.69. The number of ether oxygens (including phenoxy) is 2. The van der Waals surface area contributed by atoms with E-state index in [4.69, 9.17) is 9.47 Å². The maximum atomic E-state index is 12.3. The highest BCUT2D eigenvalue weighted by atomic mass is 16.5. The average molecular weight is 330 g/mol. The van der Waals surface area contributed by atoms with Gasteiger partial charge >= 0.3 is 0 Å². The average Bonchev–Trinajstić information content (AvgIpc) is 2.80. The van der Waals surface area contributed by atoms with E-state index in [2.05, 4.69) is 42.1 Å². The standard InChI is InChI=1S/C19H26N2O3/c1-20-7-5-17-12-15(3-4-18(17)20)11-16-13-21(8-10-24-14-16)19(22)6-9-23-2/h3-5,7,12,16H,6,8-11,13-14H2,1-2H3/t16-/m1/s1. The molecule has 1 fully saturated rings. The zero-order valence-electron chi connectivity index (χ0n) is 14.5. The van der Waals surface area contributed by atoms with E-state index < -0.39 is 0 Å². The first kappa shape index (κ1) is 17.0. The van der Waals surface area contributed by atoms with Gasteiger partial charge in [0.1, 0.15) is 0 Å². The van der Waals surface area contributed by atoms with Crippen LogP contribution in [0.2, 0.25) is 0 Å². The van der Waals surface area contributed by atoms with E-state index in [1.807, 2.05) is 4.90 Å². The van der Waals surface area contributed by atoms with Crippen molar-refractivity contribution in [1.82, 2.24) is 9.47 Å². The van der Waals surface area contributed by atoms with Crippen molar-refractivity contribution in [3.8, 4) is 0 Å². The van der Waals surface area contributed by atoms with Gasteiger partial charge in [0, 0.05) is 44.9 Å². The van der Waals surface area contributed by atoms with Gasteiger partial charge in [-0.3, -0.25) is 4.79 Å². The van der Waals surface area contributed by atoms with Gasteiger partial charge in [0.15, 0.2) is 0 Å². The second-order valence-electron chi connectivity index (χ2n) is 6.55. The van der Waals surface area contributed by atoms with E-state index in [0.29, 0.717) is 38.7 Å². The monoisotopic (exact) mass is 330 g/mol. The van der Waals surface area contributed by atoms with Crippen molar-refractivity contribution >= 4 is 16.8 Å². The first-order chi connectivity index (χ1) is 11.7. The maximum absolute atomic E-state index is 12.3. The van der Waals surface area contributed by atoms with Crippen molar-refractivity contribution in [3.63, 3.8) is 0 Å². The highest BCUT2D eigenvalue weighted by Gasteiger charge is 2.22. The van der Waals surface area contributed by atoms with Crippen molar-refractivity contribution in [3.05, 3.63) is 36.0 Å². The van der Waals surface area contributed by atoms with Gasteiger partial charge in [-0.05, 0) is 35.6 Å². The van der Waals surface area contributed by atoms with E-state index in [1.165, 1.54) is 16.5 Å². The molecular formula is C19H26N2O3. The Morgan fingerprint density at radius 3 is 3.08 bits per heavy atom. The Bertz CT molecular complexity index is 695. The molecule has 1 aromatic heterocycles. The molecule has 1 saturated heterocycles. The summed E-state index contributed by atoms with van der Waals surface area (Å²) in [5.74, 6) is 0.492. The van der Waals surface area contributed by atoms with Crippen LogP contribution in [0.1, 0.15) is 12.0 Å². The third kappa shape index (κ3) is 3.97. The molecule has 0 aliphatic carbocycles. The lowest BCUT2D eigenvalue weighted by molar-refractivity contribution is -0.132. The maximum Gasteiger partial charge on any atom is 0.224 e. The van der Waals surface area contributed by atoms with Crippen LogP contribution in [-0.4, -0.2) is 55.4 Å². The molecular weight excluding hydrogens is 304 g/mol. The lowest BCUT2D eigenvalue weighted by Crippen LogP contribution is -2.36. The van der Waals surface area contributed by atoms with Crippen LogP contribution in [0.4, 0.5) is 0 Å². The SMILES string of the molecule is COCCC(=O)N1CCOC[C@H](Cc2ccc3c(ccn3C)c2)C1. The number of hydrogen-bond acceptors (Lipinski definition) is 3. The lowest BCUT2D eigenvalue weighted by Gasteiger charge is -2.23. The molecule has 0 N–H and O–H groups in total. The van der Waals surface area contributed by atoms with Gasteiger partial charge in [-0.15, -0.1) is 0 Å². The smallest absolute Gasteiger partial charge is 0.224 e. The van der Waals surface area contributed by atoms with Crippen LogP contribution in [0, 0.1) is 5.92 Å². The van der Waals surface area contributed by atoms with Crippen molar-refractivity contribution in [2.24, 2.45) is 13.0 Å².